The average molecular weight is 509 g/mol. The minimum Gasteiger partial charge on any atom is -0.489 e. The Bertz CT molecular complexity index is 1420. The molecular formula is C25H17Cl2F3O4. The smallest absolute Gasteiger partial charge is 0.453 e. The Morgan fingerprint density at radius 1 is 0.941 bits per heavy atom. The van der Waals surface area contributed by atoms with Gasteiger partial charge in [-0.15, -0.1) is 0 Å². The third kappa shape index (κ3) is 4.86. The fourth-order valence-electron chi connectivity index (χ4n) is 3.38. The number of rotatable bonds is 5. The molecule has 0 N–H and O–H groups in total. The van der Waals surface area contributed by atoms with Gasteiger partial charge in [0.2, 0.25) is 11.2 Å². The molecule has 0 radical (unpaired) electrons. The van der Waals surface area contributed by atoms with Crippen LogP contribution in [0.1, 0.15) is 22.5 Å². The molecule has 0 aliphatic carbocycles. The maximum absolute atomic E-state index is 13.8. The summed E-state index contributed by atoms with van der Waals surface area (Å²) >= 11 is 12.2. The lowest BCUT2D eigenvalue weighted by Crippen LogP contribution is -2.15. The quantitative estimate of drug-likeness (QED) is 0.273. The van der Waals surface area contributed by atoms with Crippen molar-refractivity contribution < 1.29 is 27.1 Å². The second-order valence-electron chi connectivity index (χ2n) is 7.60. The van der Waals surface area contributed by atoms with E-state index in [1.807, 2.05) is 0 Å². The van der Waals surface area contributed by atoms with E-state index in [1.54, 1.807) is 38.1 Å². The van der Waals surface area contributed by atoms with Crippen LogP contribution in [0.4, 0.5) is 13.2 Å². The van der Waals surface area contributed by atoms with Crippen LogP contribution in [0, 0.1) is 13.8 Å². The van der Waals surface area contributed by atoms with Crippen molar-refractivity contribution in [1.82, 2.24) is 0 Å². The molecule has 34 heavy (non-hydrogen) atoms. The fraction of sp³-hybridized carbons (Fsp3) is 0.160. The Morgan fingerprint density at radius 2 is 1.62 bits per heavy atom. The monoisotopic (exact) mass is 508 g/mol. The van der Waals surface area contributed by atoms with Gasteiger partial charge in [-0.2, -0.15) is 13.2 Å². The first kappa shape index (κ1) is 24.0. The summed E-state index contributed by atoms with van der Waals surface area (Å²) in [5.74, 6) is -2.25. The highest BCUT2D eigenvalue weighted by atomic mass is 35.5. The highest BCUT2D eigenvalue weighted by molar-refractivity contribution is 6.32. The fourth-order valence-corrected chi connectivity index (χ4v) is 3.68. The lowest BCUT2D eigenvalue weighted by Gasteiger charge is -2.15. The van der Waals surface area contributed by atoms with Crippen LogP contribution >= 0.6 is 23.2 Å². The summed E-state index contributed by atoms with van der Waals surface area (Å²) in [6, 6.07) is 13.9. The highest BCUT2D eigenvalue weighted by Crippen LogP contribution is 2.39. The third-order valence-corrected chi connectivity index (χ3v) is 6.03. The zero-order chi connectivity index (χ0) is 24.6. The summed E-state index contributed by atoms with van der Waals surface area (Å²) in [5, 5.41) is 0.859. The minimum absolute atomic E-state index is 0.0382. The molecule has 4 aromatic rings. The van der Waals surface area contributed by atoms with Crippen molar-refractivity contribution in [2.24, 2.45) is 0 Å². The number of ether oxygens (including phenoxy) is 2. The summed E-state index contributed by atoms with van der Waals surface area (Å²) in [5.41, 5.74) is 0.631. The van der Waals surface area contributed by atoms with Crippen molar-refractivity contribution in [2.75, 3.05) is 0 Å². The van der Waals surface area contributed by atoms with E-state index in [1.165, 1.54) is 30.3 Å². The van der Waals surface area contributed by atoms with Crippen LogP contribution in [-0.4, -0.2) is 0 Å². The van der Waals surface area contributed by atoms with Gasteiger partial charge in [-0.05, 0) is 55.3 Å². The molecule has 0 saturated heterocycles. The normalized spacial score (nSPS) is 11.6. The molecule has 1 aromatic heterocycles. The first-order valence-electron chi connectivity index (χ1n) is 10.0. The summed E-state index contributed by atoms with van der Waals surface area (Å²) in [4.78, 5) is 13.0. The van der Waals surface area contributed by atoms with Crippen LogP contribution in [0.3, 0.4) is 0 Å². The van der Waals surface area contributed by atoms with E-state index in [2.05, 4.69) is 0 Å². The van der Waals surface area contributed by atoms with E-state index >= 15 is 0 Å². The number of benzene rings is 3. The summed E-state index contributed by atoms with van der Waals surface area (Å²) in [6.07, 6.45) is -4.98. The average Bonchev–Trinajstić information content (AvgIpc) is 2.77. The summed E-state index contributed by atoms with van der Waals surface area (Å²) in [6.45, 7) is 3.44. The van der Waals surface area contributed by atoms with E-state index in [-0.39, 0.29) is 29.1 Å². The molecule has 3 aromatic carbocycles. The molecule has 0 aliphatic rings. The minimum atomic E-state index is -4.98. The molecule has 0 bridgehead atoms. The van der Waals surface area contributed by atoms with E-state index in [0.717, 1.165) is 0 Å². The first-order valence-corrected chi connectivity index (χ1v) is 10.8. The van der Waals surface area contributed by atoms with Gasteiger partial charge >= 0.3 is 6.18 Å². The van der Waals surface area contributed by atoms with Crippen molar-refractivity contribution >= 4 is 34.2 Å². The number of hydrogen-bond acceptors (Lipinski definition) is 4. The Hall–Kier alpha value is -3.16. The number of fused-ring (bicyclic) bond motifs is 1. The molecule has 0 aliphatic heterocycles. The molecule has 4 nitrogen and oxygen atoms in total. The number of aryl methyl sites for hydroxylation is 2. The van der Waals surface area contributed by atoms with Crippen LogP contribution in [0.25, 0.3) is 11.0 Å². The molecule has 0 unspecified atom stereocenters. The van der Waals surface area contributed by atoms with Crippen LogP contribution < -0.4 is 14.9 Å². The molecule has 4 rings (SSSR count). The maximum atomic E-state index is 13.8. The van der Waals surface area contributed by atoms with Crippen LogP contribution in [0.5, 0.6) is 17.2 Å². The van der Waals surface area contributed by atoms with Crippen molar-refractivity contribution in [3.8, 4) is 17.2 Å². The van der Waals surface area contributed by atoms with E-state index < -0.39 is 23.1 Å². The third-order valence-electron chi connectivity index (χ3n) is 5.06. The molecule has 0 amide bonds. The van der Waals surface area contributed by atoms with E-state index in [9.17, 15) is 18.0 Å². The lowest BCUT2D eigenvalue weighted by atomic mass is 10.1. The van der Waals surface area contributed by atoms with Gasteiger partial charge in [0.05, 0.1) is 5.39 Å². The lowest BCUT2D eigenvalue weighted by molar-refractivity contribution is -0.154. The topological polar surface area (TPSA) is 48.7 Å². The number of hydrogen-bond donors (Lipinski definition) is 0. The predicted octanol–water partition coefficient (Wildman–Crippen LogP) is 8.11. The highest BCUT2D eigenvalue weighted by Gasteiger charge is 2.40. The number of halogens is 5. The first-order chi connectivity index (χ1) is 16.0. The Labute approximate surface area is 202 Å². The van der Waals surface area contributed by atoms with Gasteiger partial charge in [0.15, 0.2) is 0 Å². The SMILES string of the molecule is Cc1cc(Oc2c(C(F)(F)F)oc3cc(OCc4ccccc4Cl)ccc3c2=O)cc(C)c1Cl. The van der Waals surface area contributed by atoms with Crippen LogP contribution in [-0.2, 0) is 12.8 Å². The van der Waals surface area contributed by atoms with Crippen molar-refractivity contribution in [2.45, 2.75) is 26.6 Å². The van der Waals surface area contributed by atoms with Gasteiger partial charge in [-0.25, -0.2) is 0 Å². The van der Waals surface area contributed by atoms with Crippen LogP contribution in [0.15, 0.2) is 63.8 Å². The summed E-state index contributed by atoms with van der Waals surface area (Å²) < 4.78 is 57.6. The molecular weight excluding hydrogens is 492 g/mol. The van der Waals surface area contributed by atoms with Crippen LogP contribution in [0.2, 0.25) is 10.0 Å². The van der Waals surface area contributed by atoms with E-state index in [0.29, 0.717) is 26.7 Å². The second kappa shape index (κ2) is 9.24. The largest absolute Gasteiger partial charge is 0.489 e. The molecule has 0 atom stereocenters. The Kier molecular flexibility index (Phi) is 6.51. The molecule has 176 valence electrons. The molecule has 1 heterocycles. The summed E-state index contributed by atoms with van der Waals surface area (Å²) in [7, 11) is 0. The zero-order valence-corrected chi connectivity index (χ0v) is 19.4. The molecule has 0 spiro atoms. The van der Waals surface area contributed by atoms with Crippen molar-refractivity contribution in [3.05, 3.63) is 97.3 Å². The second-order valence-corrected chi connectivity index (χ2v) is 8.38. The van der Waals surface area contributed by atoms with Gasteiger partial charge < -0.3 is 13.9 Å². The molecule has 0 saturated carbocycles. The zero-order valence-electron chi connectivity index (χ0n) is 17.9. The molecule has 9 heteroatoms. The van der Waals surface area contributed by atoms with E-state index in [4.69, 9.17) is 37.1 Å². The predicted molar refractivity (Wildman–Crippen MR) is 124 cm³/mol. The Morgan fingerprint density at radius 3 is 2.26 bits per heavy atom. The number of alkyl halides is 3. The maximum Gasteiger partial charge on any atom is 0.453 e. The van der Waals surface area contributed by atoms with Gasteiger partial charge in [0.1, 0.15) is 23.7 Å². The van der Waals surface area contributed by atoms with Crippen molar-refractivity contribution in [3.63, 3.8) is 0 Å². The van der Waals surface area contributed by atoms with Gasteiger partial charge in [-0.3, -0.25) is 4.79 Å². The standard InChI is InChI=1S/C25H17Cl2F3O4/c1-13-9-17(10-14(2)21(13)27)33-23-22(31)18-8-7-16(11-20(18)34-24(23)25(28,29)30)32-12-15-5-3-4-6-19(15)26/h3-11H,12H2,1-2H3. The van der Waals surface area contributed by atoms with Gasteiger partial charge in [0.25, 0.3) is 5.76 Å². The van der Waals surface area contributed by atoms with Gasteiger partial charge in [0, 0.05) is 21.7 Å². The molecule has 0 fully saturated rings. The Balaban J connectivity index is 1.75. The van der Waals surface area contributed by atoms with Gasteiger partial charge in [-0.1, -0.05) is 41.4 Å². The van der Waals surface area contributed by atoms with Crippen molar-refractivity contribution in [1.29, 1.82) is 0 Å².